The maximum absolute atomic E-state index is 13.9. The van der Waals surface area contributed by atoms with Crippen molar-refractivity contribution < 1.29 is 14.6 Å². The second-order valence-corrected chi connectivity index (χ2v) is 9.28. The molecule has 0 radical (unpaired) electrons. The van der Waals surface area contributed by atoms with E-state index in [2.05, 4.69) is 29.3 Å². The first-order chi connectivity index (χ1) is 17.1. The van der Waals surface area contributed by atoms with E-state index >= 15 is 0 Å². The first-order valence-corrected chi connectivity index (χ1v) is 12.2. The van der Waals surface area contributed by atoms with Crippen LogP contribution in [-0.2, 0) is 4.74 Å². The van der Waals surface area contributed by atoms with Crippen LogP contribution in [0.1, 0.15) is 59.8 Å². The Morgan fingerprint density at radius 1 is 0.917 bits per heavy atom. The molecule has 0 unspecified atom stereocenters. The van der Waals surface area contributed by atoms with Crippen molar-refractivity contribution >= 4 is 18.3 Å². The molecule has 8 heteroatoms. The number of carbonyl (C=O) groups excluding carboxylic acids is 1. The molecule has 1 fully saturated rings. The van der Waals surface area contributed by atoms with Gasteiger partial charge in [0.25, 0.3) is 5.91 Å². The van der Waals surface area contributed by atoms with Crippen LogP contribution < -0.4 is 10.4 Å². The summed E-state index contributed by atoms with van der Waals surface area (Å²) in [5.41, 5.74) is 0.926. The fourth-order valence-corrected chi connectivity index (χ4v) is 5.76. The molecule has 2 aromatic carbocycles. The molecule has 190 valence electrons. The normalized spacial score (nSPS) is 16.7. The Balaban J connectivity index is 0.00000304. The van der Waals surface area contributed by atoms with E-state index in [1.165, 1.54) is 6.07 Å². The number of nitrogens with zero attached hydrogens (tertiary/aromatic N) is 3. The third kappa shape index (κ3) is 4.27. The zero-order valence-electron chi connectivity index (χ0n) is 20.4. The summed E-state index contributed by atoms with van der Waals surface area (Å²) in [5.74, 6) is -0.856. The molecule has 5 rings (SSSR count). The minimum atomic E-state index is -0.640. The molecule has 0 saturated heterocycles. The molecule has 7 nitrogen and oxygen atoms in total. The maximum Gasteiger partial charge on any atom is 0.278 e. The van der Waals surface area contributed by atoms with E-state index in [-0.39, 0.29) is 30.0 Å². The lowest BCUT2D eigenvalue weighted by molar-refractivity contribution is -0.00508. The zero-order chi connectivity index (χ0) is 24.4. The number of ether oxygens (including phenoxy) is 1. The van der Waals surface area contributed by atoms with Crippen LogP contribution >= 0.6 is 12.4 Å². The van der Waals surface area contributed by atoms with E-state index in [1.54, 1.807) is 18.0 Å². The number of benzene rings is 2. The van der Waals surface area contributed by atoms with Gasteiger partial charge in [-0.3, -0.25) is 19.3 Å². The molecular formula is C28H32ClN3O4. The average Bonchev–Trinajstić information content (AvgIpc) is 2.90. The van der Waals surface area contributed by atoms with Gasteiger partial charge >= 0.3 is 0 Å². The standard InChI is InChI=1S/C28H31N3O4.ClH/c1-35-20-19-29-27(34)25-26(33)23(32)15-18-30(25)31(28(29)16-9-4-10-17-28)24(21-11-5-2-6-12-21)22-13-7-3-8-14-22;/h2-3,5-8,11-15,18,24,33H,4,9-10,16-17,19-20H2,1H3;1H. The van der Waals surface area contributed by atoms with Crippen molar-refractivity contribution in [2.24, 2.45) is 0 Å². The molecule has 1 aliphatic carbocycles. The summed E-state index contributed by atoms with van der Waals surface area (Å²) in [5, 5.41) is 13.1. The summed E-state index contributed by atoms with van der Waals surface area (Å²) >= 11 is 0. The number of hydrogen-bond donors (Lipinski definition) is 1. The lowest BCUT2D eigenvalue weighted by Crippen LogP contribution is -2.72. The van der Waals surface area contributed by atoms with Crippen molar-refractivity contribution in [1.29, 1.82) is 0 Å². The molecule has 2 aliphatic rings. The SMILES string of the molecule is COCCN1C(=O)c2c(O)c(=O)ccn2N(C(c2ccccc2)c2ccccc2)C12CCCCC2.Cl. The van der Waals surface area contributed by atoms with Gasteiger partial charge in [0.2, 0.25) is 5.43 Å². The molecule has 36 heavy (non-hydrogen) atoms. The van der Waals surface area contributed by atoms with Crippen LogP contribution in [-0.4, -0.2) is 46.5 Å². The number of aromatic nitrogens is 1. The summed E-state index contributed by atoms with van der Waals surface area (Å²) in [4.78, 5) is 28.2. The van der Waals surface area contributed by atoms with Gasteiger partial charge in [0, 0.05) is 25.9 Å². The highest BCUT2D eigenvalue weighted by Crippen LogP contribution is 2.46. The first-order valence-electron chi connectivity index (χ1n) is 12.2. The van der Waals surface area contributed by atoms with Crippen molar-refractivity contribution in [3.63, 3.8) is 0 Å². The van der Waals surface area contributed by atoms with Gasteiger partial charge in [-0.2, -0.15) is 0 Å². The Morgan fingerprint density at radius 3 is 2.06 bits per heavy atom. The van der Waals surface area contributed by atoms with Gasteiger partial charge in [0.15, 0.2) is 11.4 Å². The lowest BCUT2D eigenvalue weighted by Gasteiger charge is -2.59. The quantitative estimate of drug-likeness (QED) is 0.531. The van der Waals surface area contributed by atoms with E-state index < -0.39 is 16.8 Å². The molecule has 1 aromatic heterocycles. The van der Waals surface area contributed by atoms with Crippen LogP contribution in [0.25, 0.3) is 0 Å². The van der Waals surface area contributed by atoms with E-state index in [4.69, 9.17) is 4.74 Å². The number of pyridine rings is 1. The highest BCUT2D eigenvalue weighted by atomic mass is 35.5. The van der Waals surface area contributed by atoms with Gasteiger partial charge in [-0.25, -0.2) is 0 Å². The number of amides is 1. The molecule has 1 saturated carbocycles. The van der Waals surface area contributed by atoms with Crippen molar-refractivity contribution in [3.05, 3.63) is 100.0 Å². The van der Waals surface area contributed by atoms with E-state index in [0.717, 1.165) is 43.2 Å². The molecule has 1 N–H and O–H groups in total. The van der Waals surface area contributed by atoms with Crippen LogP contribution in [0, 0.1) is 0 Å². The number of rotatable bonds is 6. The fraction of sp³-hybridized carbons (Fsp3) is 0.357. The monoisotopic (exact) mass is 509 g/mol. The first kappa shape index (κ1) is 25.8. The summed E-state index contributed by atoms with van der Waals surface area (Å²) in [7, 11) is 1.62. The van der Waals surface area contributed by atoms with Crippen molar-refractivity contribution in [2.45, 2.75) is 43.8 Å². The summed E-state index contributed by atoms with van der Waals surface area (Å²) in [6, 6.07) is 21.5. The van der Waals surface area contributed by atoms with Crippen LogP contribution in [0.5, 0.6) is 5.75 Å². The van der Waals surface area contributed by atoms with Gasteiger partial charge in [0.05, 0.1) is 12.6 Å². The van der Waals surface area contributed by atoms with Crippen molar-refractivity contribution in [3.8, 4) is 5.75 Å². The number of halogens is 1. The molecular weight excluding hydrogens is 478 g/mol. The van der Waals surface area contributed by atoms with E-state index in [0.29, 0.717) is 13.2 Å². The Labute approximate surface area is 217 Å². The Hall–Kier alpha value is -3.29. The molecule has 1 aliphatic heterocycles. The van der Waals surface area contributed by atoms with Crippen molar-refractivity contribution in [2.75, 3.05) is 25.3 Å². The Kier molecular flexibility index (Phi) is 7.71. The van der Waals surface area contributed by atoms with E-state index in [9.17, 15) is 14.7 Å². The molecule has 3 aromatic rings. The third-order valence-electron chi connectivity index (χ3n) is 7.31. The van der Waals surface area contributed by atoms with Gasteiger partial charge in [0.1, 0.15) is 5.66 Å². The zero-order valence-corrected chi connectivity index (χ0v) is 21.2. The van der Waals surface area contributed by atoms with Gasteiger partial charge in [-0.1, -0.05) is 67.1 Å². The summed E-state index contributed by atoms with van der Waals surface area (Å²) in [6.07, 6.45) is 6.26. The van der Waals surface area contributed by atoms with Gasteiger partial charge in [-0.15, -0.1) is 12.4 Å². The maximum atomic E-state index is 13.9. The second-order valence-electron chi connectivity index (χ2n) is 9.28. The molecule has 2 heterocycles. The number of aromatic hydroxyl groups is 1. The van der Waals surface area contributed by atoms with Crippen LogP contribution in [0.4, 0.5) is 0 Å². The smallest absolute Gasteiger partial charge is 0.278 e. The molecule has 0 atom stereocenters. The van der Waals surface area contributed by atoms with Crippen LogP contribution in [0.3, 0.4) is 0 Å². The minimum absolute atomic E-state index is 0. The number of fused-ring (bicyclic) bond motifs is 1. The fourth-order valence-electron chi connectivity index (χ4n) is 5.76. The van der Waals surface area contributed by atoms with E-state index in [1.807, 2.05) is 41.3 Å². The molecule has 1 amide bonds. The van der Waals surface area contributed by atoms with Gasteiger partial charge in [-0.05, 0) is 36.8 Å². The minimum Gasteiger partial charge on any atom is -0.502 e. The molecule has 1 spiro atoms. The summed E-state index contributed by atoms with van der Waals surface area (Å²) in [6.45, 7) is 0.727. The van der Waals surface area contributed by atoms with Crippen molar-refractivity contribution in [1.82, 2.24) is 9.58 Å². The highest BCUT2D eigenvalue weighted by molar-refractivity contribution is 5.97. The number of methoxy groups -OCH3 is 1. The molecule has 0 bridgehead atoms. The summed E-state index contributed by atoms with van der Waals surface area (Å²) < 4.78 is 7.12. The van der Waals surface area contributed by atoms with Crippen LogP contribution in [0.2, 0.25) is 0 Å². The van der Waals surface area contributed by atoms with Crippen LogP contribution in [0.15, 0.2) is 77.7 Å². The average molecular weight is 510 g/mol. The van der Waals surface area contributed by atoms with Gasteiger partial charge < -0.3 is 14.7 Å². The Morgan fingerprint density at radius 2 is 1.50 bits per heavy atom. The second kappa shape index (κ2) is 10.8. The largest absolute Gasteiger partial charge is 0.502 e. The predicted octanol–water partition coefficient (Wildman–Crippen LogP) is 4.47. The number of hydrogen-bond acceptors (Lipinski definition) is 5. The highest BCUT2D eigenvalue weighted by Gasteiger charge is 2.53. The topological polar surface area (TPSA) is 75.0 Å². The Bertz CT molecular complexity index is 1200. The predicted molar refractivity (Wildman–Crippen MR) is 141 cm³/mol. The number of carbonyl (C=O) groups is 1. The third-order valence-corrected chi connectivity index (χ3v) is 7.31. The lowest BCUT2D eigenvalue weighted by atomic mass is 9.83.